The molecule has 3 rings (SSSR count). The topological polar surface area (TPSA) is 42.4 Å². The van der Waals surface area contributed by atoms with Crippen molar-refractivity contribution >= 4 is 11.6 Å². The van der Waals surface area contributed by atoms with E-state index >= 15 is 0 Å². The van der Waals surface area contributed by atoms with E-state index in [0.29, 0.717) is 19.8 Å². The van der Waals surface area contributed by atoms with Gasteiger partial charge in [-0.15, -0.1) is 0 Å². The zero-order valence-corrected chi connectivity index (χ0v) is 11.8. The molecule has 0 spiro atoms. The molecule has 108 valence electrons. The van der Waals surface area contributed by atoms with E-state index in [-0.39, 0.29) is 11.8 Å². The highest BCUT2D eigenvalue weighted by atomic mass is 16.5. The highest BCUT2D eigenvalue weighted by Crippen LogP contribution is 2.23. The van der Waals surface area contributed by atoms with Crippen molar-refractivity contribution in [2.45, 2.75) is 13.0 Å². The van der Waals surface area contributed by atoms with E-state index in [1.165, 1.54) is 0 Å². The second kappa shape index (κ2) is 6.50. The molecule has 2 aromatic rings. The smallest absolute Gasteiger partial charge is 0.232 e. The summed E-state index contributed by atoms with van der Waals surface area (Å²) in [5.41, 5.74) is 1.94. The van der Waals surface area contributed by atoms with Gasteiger partial charge in [0.25, 0.3) is 0 Å². The number of carbonyl (C=O) groups excluding carboxylic acids is 1. The van der Waals surface area contributed by atoms with Crippen LogP contribution in [-0.4, -0.2) is 24.1 Å². The lowest BCUT2D eigenvalue weighted by molar-refractivity contribution is -0.122. The van der Waals surface area contributed by atoms with Gasteiger partial charge in [-0.25, -0.2) is 0 Å². The predicted octanol–water partition coefficient (Wildman–Crippen LogP) is 2.65. The first-order valence-corrected chi connectivity index (χ1v) is 7.17. The van der Waals surface area contributed by atoms with Crippen LogP contribution in [0.4, 0.5) is 5.69 Å². The van der Waals surface area contributed by atoms with E-state index in [4.69, 9.17) is 4.74 Å². The second-order valence-corrected chi connectivity index (χ2v) is 5.18. The molecule has 1 aliphatic rings. The van der Waals surface area contributed by atoms with Crippen molar-refractivity contribution in [1.82, 2.24) is 4.98 Å². The minimum absolute atomic E-state index is 0.0399. The van der Waals surface area contributed by atoms with Gasteiger partial charge in [0, 0.05) is 24.7 Å². The molecule has 21 heavy (non-hydrogen) atoms. The molecule has 1 amide bonds. The summed E-state index contributed by atoms with van der Waals surface area (Å²) in [4.78, 5) is 18.7. The second-order valence-electron chi connectivity index (χ2n) is 5.18. The maximum absolute atomic E-state index is 12.8. The molecule has 2 heterocycles. The van der Waals surface area contributed by atoms with Crippen molar-refractivity contribution in [3.05, 3.63) is 60.4 Å². The van der Waals surface area contributed by atoms with Gasteiger partial charge in [-0.1, -0.05) is 24.3 Å². The maximum atomic E-state index is 12.8. The molecule has 0 saturated carbocycles. The van der Waals surface area contributed by atoms with Crippen LogP contribution in [0.2, 0.25) is 0 Å². The van der Waals surface area contributed by atoms with Gasteiger partial charge < -0.3 is 9.64 Å². The Hall–Kier alpha value is -2.20. The number of hydrogen-bond acceptors (Lipinski definition) is 3. The number of ether oxygens (including phenoxy) is 1. The van der Waals surface area contributed by atoms with Crippen LogP contribution in [0.1, 0.15) is 12.0 Å². The van der Waals surface area contributed by atoms with Gasteiger partial charge in [0.05, 0.1) is 19.1 Å². The Morgan fingerprint density at radius 3 is 2.76 bits per heavy atom. The van der Waals surface area contributed by atoms with Crippen molar-refractivity contribution in [2.75, 3.05) is 18.1 Å². The van der Waals surface area contributed by atoms with Crippen LogP contribution in [0.25, 0.3) is 0 Å². The van der Waals surface area contributed by atoms with Gasteiger partial charge in [-0.2, -0.15) is 0 Å². The molecule has 1 saturated heterocycles. The standard InChI is InChI=1S/C17H18N2O2/c20-17(15-8-10-21-13-15)19(16-6-2-1-3-7-16)12-14-5-4-9-18-11-14/h1-7,9,11,15H,8,10,12-13H2/t15-/m0/s1. The summed E-state index contributed by atoms with van der Waals surface area (Å²) in [5.74, 6) is 0.0874. The third-order valence-corrected chi connectivity index (χ3v) is 3.68. The summed E-state index contributed by atoms with van der Waals surface area (Å²) < 4.78 is 5.35. The van der Waals surface area contributed by atoms with E-state index in [1.807, 2.05) is 47.4 Å². The highest BCUT2D eigenvalue weighted by molar-refractivity contribution is 5.95. The Morgan fingerprint density at radius 1 is 1.24 bits per heavy atom. The largest absolute Gasteiger partial charge is 0.381 e. The summed E-state index contributed by atoms with van der Waals surface area (Å²) in [6, 6.07) is 13.7. The highest BCUT2D eigenvalue weighted by Gasteiger charge is 2.28. The van der Waals surface area contributed by atoms with E-state index in [1.54, 1.807) is 12.4 Å². The van der Waals surface area contributed by atoms with Gasteiger partial charge in [0.1, 0.15) is 0 Å². The Labute approximate surface area is 124 Å². The first kappa shape index (κ1) is 13.8. The summed E-state index contributed by atoms with van der Waals surface area (Å²) in [6.07, 6.45) is 4.34. The number of nitrogens with zero attached hydrogens (tertiary/aromatic N) is 2. The Kier molecular flexibility index (Phi) is 4.26. The fourth-order valence-electron chi connectivity index (χ4n) is 2.53. The maximum Gasteiger partial charge on any atom is 0.232 e. The van der Waals surface area contributed by atoms with E-state index in [0.717, 1.165) is 17.7 Å². The molecule has 0 aliphatic carbocycles. The molecule has 0 radical (unpaired) electrons. The number of hydrogen-bond donors (Lipinski definition) is 0. The van der Waals surface area contributed by atoms with Crippen LogP contribution in [0, 0.1) is 5.92 Å². The lowest BCUT2D eigenvalue weighted by Crippen LogP contribution is -2.36. The molecule has 0 unspecified atom stereocenters. The number of para-hydroxylation sites is 1. The molecule has 1 fully saturated rings. The SMILES string of the molecule is O=C([C@H]1CCOC1)N(Cc1cccnc1)c1ccccc1. The van der Waals surface area contributed by atoms with Gasteiger partial charge in [0.2, 0.25) is 5.91 Å². The zero-order valence-electron chi connectivity index (χ0n) is 11.8. The molecule has 0 bridgehead atoms. The normalized spacial score (nSPS) is 17.6. The lowest BCUT2D eigenvalue weighted by Gasteiger charge is -2.25. The Bertz CT molecular complexity index is 580. The van der Waals surface area contributed by atoms with Crippen molar-refractivity contribution in [3.8, 4) is 0 Å². The molecular weight excluding hydrogens is 264 g/mol. The molecule has 1 atom stereocenters. The van der Waals surface area contributed by atoms with Gasteiger partial charge >= 0.3 is 0 Å². The van der Waals surface area contributed by atoms with Crippen molar-refractivity contribution < 1.29 is 9.53 Å². The monoisotopic (exact) mass is 282 g/mol. The van der Waals surface area contributed by atoms with Crippen LogP contribution < -0.4 is 4.90 Å². The number of rotatable bonds is 4. The zero-order chi connectivity index (χ0) is 14.5. The molecule has 1 aromatic carbocycles. The Morgan fingerprint density at radius 2 is 2.10 bits per heavy atom. The van der Waals surface area contributed by atoms with Gasteiger partial charge in [-0.3, -0.25) is 9.78 Å². The average molecular weight is 282 g/mol. The molecule has 4 nitrogen and oxygen atoms in total. The van der Waals surface area contributed by atoms with Crippen LogP contribution in [0.5, 0.6) is 0 Å². The minimum Gasteiger partial charge on any atom is -0.381 e. The van der Waals surface area contributed by atoms with Crippen LogP contribution in [0.15, 0.2) is 54.9 Å². The number of benzene rings is 1. The fourth-order valence-corrected chi connectivity index (χ4v) is 2.53. The average Bonchev–Trinajstić information content (AvgIpc) is 3.08. The number of carbonyl (C=O) groups is 1. The number of aromatic nitrogens is 1. The third kappa shape index (κ3) is 3.28. The van der Waals surface area contributed by atoms with Crippen molar-refractivity contribution in [1.29, 1.82) is 0 Å². The summed E-state index contributed by atoms with van der Waals surface area (Å²) >= 11 is 0. The predicted molar refractivity (Wildman–Crippen MR) is 80.8 cm³/mol. The molecule has 4 heteroatoms. The minimum atomic E-state index is -0.0399. The first-order valence-electron chi connectivity index (χ1n) is 7.17. The molecule has 1 aromatic heterocycles. The van der Waals surface area contributed by atoms with Crippen LogP contribution >= 0.6 is 0 Å². The summed E-state index contributed by atoms with van der Waals surface area (Å²) in [5, 5.41) is 0. The Balaban J connectivity index is 1.85. The van der Waals surface area contributed by atoms with Gasteiger partial charge in [-0.05, 0) is 30.2 Å². The van der Waals surface area contributed by atoms with E-state index < -0.39 is 0 Å². The molecular formula is C17H18N2O2. The fraction of sp³-hybridized carbons (Fsp3) is 0.294. The van der Waals surface area contributed by atoms with Crippen molar-refractivity contribution in [3.63, 3.8) is 0 Å². The van der Waals surface area contributed by atoms with E-state index in [9.17, 15) is 4.79 Å². The lowest BCUT2D eigenvalue weighted by atomic mass is 10.1. The molecule has 0 N–H and O–H groups in total. The van der Waals surface area contributed by atoms with Gasteiger partial charge in [0.15, 0.2) is 0 Å². The van der Waals surface area contributed by atoms with Crippen LogP contribution in [-0.2, 0) is 16.1 Å². The summed E-state index contributed by atoms with van der Waals surface area (Å²) in [6.45, 7) is 1.73. The number of amides is 1. The van der Waals surface area contributed by atoms with E-state index in [2.05, 4.69) is 4.98 Å². The number of pyridine rings is 1. The van der Waals surface area contributed by atoms with Crippen molar-refractivity contribution in [2.24, 2.45) is 5.92 Å². The molecule has 1 aliphatic heterocycles. The quantitative estimate of drug-likeness (QED) is 0.865. The number of anilines is 1. The summed E-state index contributed by atoms with van der Waals surface area (Å²) in [7, 11) is 0. The third-order valence-electron chi connectivity index (χ3n) is 3.68. The van der Waals surface area contributed by atoms with Crippen LogP contribution in [0.3, 0.4) is 0 Å². The first-order chi connectivity index (χ1) is 10.3.